The largest absolute Gasteiger partial charge is 0.489 e. The molecule has 2 amide bonds. The summed E-state index contributed by atoms with van der Waals surface area (Å²) >= 11 is 0. The zero-order valence-corrected chi connectivity index (χ0v) is 15.8. The van der Waals surface area contributed by atoms with Crippen LogP contribution in [-0.4, -0.2) is 17.4 Å². The maximum absolute atomic E-state index is 11.7. The van der Waals surface area contributed by atoms with Gasteiger partial charge in [-0.3, -0.25) is 9.59 Å². The summed E-state index contributed by atoms with van der Waals surface area (Å²) in [6, 6.07) is 17.8. The number of carbonyl (C=O) groups excluding carboxylic acids is 2. The van der Waals surface area contributed by atoms with Crippen LogP contribution in [0.1, 0.15) is 31.4 Å². The summed E-state index contributed by atoms with van der Waals surface area (Å²) < 4.78 is 5.76. The lowest BCUT2D eigenvalue weighted by molar-refractivity contribution is -0.128. The molecule has 3 N–H and O–H groups in total. The smallest absolute Gasteiger partial charge is 0.229 e. The van der Waals surface area contributed by atoms with E-state index in [4.69, 9.17) is 10.5 Å². The number of primary amides is 1. The number of carbonyl (C=O) groups is 2. The Morgan fingerprint density at radius 2 is 1.62 bits per heavy atom. The first-order chi connectivity index (χ1) is 11.8. The van der Waals surface area contributed by atoms with E-state index >= 15 is 0 Å². The van der Waals surface area contributed by atoms with Crippen LogP contribution in [0.25, 0.3) is 0 Å². The van der Waals surface area contributed by atoms with Crippen LogP contribution in [0.2, 0.25) is 0 Å². The van der Waals surface area contributed by atoms with Gasteiger partial charge < -0.3 is 15.8 Å². The number of amides is 2. The van der Waals surface area contributed by atoms with Crippen LogP contribution in [-0.2, 0) is 22.6 Å². The second-order valence-corrected chi connectivity index (χ2v) is 6.67. The maximum Gasteiger partial charge on any atom is 0.229 e. The number of hydrogen-bond donors (Lipinski definition) is 2. The van der Waals surface area contributed by atoms with Crippen molar-refractivity contribution in [2.24, 2.45) is 5.73 Å². The topological polar surface area (TPSA) is 81.4 Å². The van der Waals surface area contributed by atoms with Crippen LogP contribution in [0.4, 0.5) is 0 Å². The van der Waals surface area contributed by atoms with Gasteiger partial charge in [-0.2, -0.15) is 0 Å². The molecule has 0 saturated carbocycles. The van der Waals surface area contributed by atoms with Gasteiger partial charge in [0.2, 0.25) is 11.8 Å². The normalized spacial score (nSPS) is 10.5. The third kappa shape index (κ3) is 7.57. The number of nitrogens with two attached hydrogens (primary N) is 1. The Kier molecular flexibility index (Phi) is 8.13. The molecule has 0 atom stereocenters. The average Bonchev–Trinajstić information content (AvgIpc) is 2.53. The Morgan fingerprint density at radius 1 is 1.00 bits per heavy atom. The highest BCUT2D eigenvalue weighted by atomic mass is 35.5. The van der Waals surface area contributed by atoms with Crippen molar-refractivity contribution in [3.05, 3.63) is 65.7 Å². The molecular weight excluding hydrogens is 352 g/mol. The highest BCUT2D eigenvalue weighted by molar-refractivity contribution is 5.96. The lowest BCUT2D eigenvalue weighted by Gasteiger charge is -2.26. The number of benzene rings is 2. The van der Waals surface area contributed by atoms with Crippen molar-refractivity contribution >= 4 is 24.2 Å². The number of ether oxygens (including phenoxy) is 1. The molecule has 0 bridgehead atoms. The van der Waals surface area contributed by atoms with Crippen molar-refractivity contribution < 1.29 is 14.3 Å². The van der Waals surface area contributed by atoms with E-state index in [-0.39, 0.29) is 24.7 Å². The van der Waals surface area contributed by atoms with E-state index in [2.05, 4.69) is 5.32 Å². The van der Waals surface area contributed by atoms with Crippen molar-refractivity contribution in [3.8, 4) is 5.75 Å². The minimum absolute atomic E-state index is 0. The molecule has 0 aliphatic heterocycles. The van der Waals surface area contributed by atoms with Gasteiger partial charge in [-0.05, 0) is 43.5 Å². The molecular formula is C20H25ClN2O3. The summed E-state index contributed by atoms with van der Waals surface area (Å²) in [5.74, 6) is -0.197. The molecule has 26 heavy (non-hydrogen) atoms. The maximum atomic E-state index is 11.7. The highest BCUT2D eigenvalue weighted by Gasteiger charge is 2.21. The van der Waals surface area contributed by atoms with Gasteiger partial charge >= 0.3 is 0 Å². The van der Waals surface area contributed by atoms with Gasteiger partial charge in [0.05, 0.1) is 0 Å². The Balaban J connectivity index is 0.00000338. The van der Waals surface area contributed by atoms with Gasteiger partial charge in [-0.25, -0.2) is 0 Å². The van der Waals surface area contributed by atoms with Crippen molar-refractivity contribution in [1.29, 1.82) is 0 Å². The van der Waals surface area contributed by atoms with Crippen LogP contribution in [0.15, 0.2) is 54.6 Å². The molecule has 6 heteroatoms. The predicted octanol–water partition coefficient (Wildman–Crippen LogP) is 3.00. The molecule has 0 radical (unpaired) electrons. The van der Waals surface area contributed by atoms with E-state index in [9.17, 15) is 9.59 Å². The molecule has 2 aromatic carbocycles. The van der Waals surface area contributed by atoms with Gasteiger partial charge in [0.1, 0.15) is 18.8 Å². The highest BCUT2D eigenvalue weighted by Crippen LogP contribution is 2.18. The van der Waals surface area contributed by atoms with Gasteiger partial charge in [0.25, 0.3) is 0 Å². The Bertz CT molecular complexity index is 716. The third-order valence-electron chi connectivity index (χ3n) is 3.63. The molecule has 2 rings (SSSR count). The molecule has 0 heterocycles. The van der Waals surface area contributed by atoms with Crippen molar-refractivity contribution in [2.45, 2.75) is 38.8 Å². The third-order valence-corrected chi connectivity index (χ3v) is 3.63. The van der Waals surface area contributed by atoms with Crippen LogP contribution in [0.5, 0.6) is 5.75 Å². The van der Waals surface area contributed by atoms with Gasteiger partial charge in [-0.15, -0.1) is 12.4 Å². The van der Waals surface area contributed by atoms with Crippen LogP contribution >= 0.6 is 12.4 Å². The van der Waals surface area contributed by atoms with Crippen LogP contribution in [0, 0.1) is 0 Å². The second-order valence-electron chi connectivity index (χ2n) is 6.67. The first-order valence-corrected chi connectivity index (χ1v) is 8.19. The monoisotopic (exact) mass is 376 g/mol. The Hall–Kier alpha value is -2.53. The lowest BCUT2D eigenvalue weighted by atomic mass is 9.94. The van der Waals surface area contributed by atoms with Crippen molar-refractivity contribution in [3.63, 3.8) is 0 Å². The number of nitrogens with one attached hydrogen (secondary N) is 1. The minimum atomic E-state index is -0.631. The molecule has 0 spiro atoms. The number of rotatable bonds is 8. The first kappa shape index (κ1) is 21.5. The van der Waals surface area contributed by atoms with E-state index in [1.165, 1.54) is 0 Å². The molecule has 0 unspecified atom stereocenters. The summed E-state index contributed by atoms with van der Waals surface area (Å²) in [6.45, 7) is 4.34. The molecule has 140 valence electrons. The van der Waals surface area contributed by atoms with E-state index in [1.54, 1.807) is 0 Å². The zero-order chi connectivity index (χ0) is 18.3. The molecule has 0 aromatic heterocycles. The molecule has 5 nitrogen and oxygen atoms in total. The van der Waals surface area contributed by atoms with E-state index < -0.39 is 11.4 Å². The zero-order valence-electron chi connectivity index (χ0n) is 15.0. The lowest BCUT2D eigenvalue weighted by Crippen LogP contribution is -2.46. The summed E-state index contributed by atoms with van der Waals surface area (Å²) in [6.07, 6.45) is 0.339. The molecule has 0 aliphatic rings. The Labute approximate surface area is 160 Å². The Morgan fingerprint density at radius 3 is 2.19 bits per heavy atom. The summed E-state index contributed by atoms with van der Waals surface area (Å²) in [5.41, 5.74) is 6.75. The van der Waals surface area contributed by atoms with E-state index in [0.717, 1.165) is 16.9 Å². The first-order valence-electron chi connectivity index (χ1n) is 8.19. The van der Waals surface area contributed by atoms with Crippen molar-refractivity contribution in [2.75, 3.05) is 0 Å². The average molecular weight is 377 g/mol. The number of hydrogen-bond acceptors (Lipinski definition) is 3. The van der Waals surface area contributed by atoms with Crippen LogP contribution < -0.4 is 15.8 Å². The van der Waals surface area contributed by atoms with Crippen molar-refractivity contribution in [1.82, 2.24) is 5.32 Å². The second kappa shape index (κ2) is 9.82. The SMILES string of the molecule is CC(C)(Cc1ccc(OCc2ccccc2)cc1)NC(=O)CC(N)=O.Cl. The summed E-state index contributed by atoms with van der Waals surface area (Å²) in [5, 5.41) is 2.83. The van der Waals surface area contributed by atoms with E-state index in [0.29, 0.717) is 13.0 Å². The fourth-order valence-electron chi connectivity index (χ4n) is 2.58. The van der Waals surface area contributed by atoms with E-state index in [1.807, 2.05) is 68.4 Å². The minimum Gasteiger partial charge on any atom is -0.489 e. The van der Waals surface area contributed by atoms with Gasteiger partial charge in [0.15, 0.2) is 0 Å². The molecule has 0 aliphatic carbocycles. The van der Waals surface area contributed by atoms with Gasteiger partial charge in [0, 0.05) is 5.54 Å². The molecule has 0 fully saturated rings. The molecule has 2 aromatic rings. The quantitative estimate of drug-likeness (QED) is 0.695. The fourth-order valence-corrected chi connectivity index (χ4v) is 2.58. The summed E-state index contributed by atoms with van der Waals surface area (Å²) in [7, 11) is 0. The van der Waals surface area contributed by atoms with Gasteiger partial charge in [-0.1, -0.05) is 42.5 Å². The predicted molar refractivity (Wildman–Crippen MR) is 104 cm³/mol. The number of halogens is 1. The standard InChI is InChI=1S/C20H24N2O3.ClH/c1-20(2,22-19(24)12-18(21)23)13-15-8-10-17(11-9-15)25-14-16-6-4-3-5-7-16;/h3-11H,12-14H2,1-2H3,(H2,21,23)(H,22,24);1H. The summed E-state index contributed by atoms with van der Waals surface area (Å²) in [4.78, 5) is 22.5. The molecule has 0 saturated heterocycles. The van der Waals surface area contributed by atoms with Crippen LogP contribution in [0.3, 0.4) is 0 Å². The fraction of sp³-hybridized carbons (Fsp3) is 0.300.